The van der Waals surface area contributed by atoms with Gasteiger partial charge in [-0.25, -0.2) is 4.79 Å². The third kappa shape index (κ3) is 27.6. The first-order valence-electron chi connectivity index (χ1n) is 27.3. The molecular formula is C59H101NO3. The summed E-state index contributed by atoms with van der Waals surface area (Å²) in [5.41, 5.74) is 8.30. The molecule has 2 rings (SSSR count). The van der Waals surface area contributed by atoms with E-state index in [9.17, 15) is 9.59 Å². The topological polar surface area (TPSA) is 46.6 Å². The van der Waals surface area contributed by atoms with E-state index in [1.54, 1.807) is 5.56 Å². The van der Waals surface area contributed by atoms with Gasteiger partial charge in [0.1, 0.15) is 6.61 Å². The maximum Gasteiger partial charge on any atom is 0.374 e. The van der Waals surface area contributed by atoms with Crippen LogP contribution in [-0.4, -0.2) is 37.3 Å². The van der Waals surface area contributed by atoms with Crippen LogP contribution in [0.3, 0.4) is 0 Å². The van der Waals surface area contributed by atoms with Crippen LogP contribution in [0.25, 0.3) is 0 Å². The Morgan fingerprint density at radius 2 is 0.825 bits per heavy atom. The Labute approximate surface area is 391 Å². The van der Waals surface area contributed by atoms with Gasteiger partial charge in [-0.3, -0.25) is 4.79 Å². The van der Waals surface area contributed by atoms with Gasteiger partial charge in [0.05, 0.1) is 0 Å². The molecule has 0 amide bonds. The fourth-order valence-corrected chi connectivity index (χ4v) is 9.77. The SMILES string of the molecule is CCCCCCCCCCC(CCCC(=O)C(=O)OCc1cc(CCCCCC)cc(CCCCCC)c1)C(CCCN(C)C)c1cc(CCCCCC)cc(CCCCCC)c1. The second-order valence-electron chi connectivity index (χ2n) is 20.0. The lowest BCUT2D eigenvalue weighted by Crippen LogP contribution is -2.20. The van der Waals surface area contributed by atoms with Crippen molar-refractivity contribution in [2.24, 2.45) is 5.92 Å². The van der Waals surface area contributed by atoms with Crippen LogP contribution < -0.4 is 0 Å². The van der Waals surface area contributed by atoms with E-state index in [-0.39, 0.29) is 18.8 Å². The molecule has 63 heavy (non-hydrogen) atoms. The van der Waals surface area contributed by atoms with E-state index in [0.717, 1.165) is 37.8 Å². The fraction of sp³-hybridized carbons (Fsp3) is 0.763. The number of esters is 1. The Kier molecular flexibility index (Phi) is 33.9. The van der Waals surface area contributed by atoms with Crippen molar-refractivity contribution in [1.29, 1.82) is 0 Å². The molecule has 4 heteroatoms. The van der Waals surface area contributed by atoms with Crippen molar-refractivity contribution in [2.45, 2.75) is 265 Å². The summed E-state index contributed by atoms with van der Waals surface area (Å²) in [6.45, 7) is 12.7. The molecule has 0 saturated carbocycles. The Hall–Kier alpha value is -2.46. The van der Waals surface area contributed by atoms with Gasteiger partial charge in [-0.1, -0.05) is 199 Å². The molecule has 0 aliphatic heterocycles. The van der Waals surface area contributed by atoms with Crippen LogP contribution in [0.2, 0.25) is 0 Å². The maximum atomic E-state index is 13.5. The number of ketones is 1. The average molecular weight is 872 g/mol. The molecule has 2 aromatic rings. The first-order chi connectivity index (χ1) is 30.7. The van der Waals surface area contributed by atoms with Crippen molar-refractivity contribution in [3.63, 3.8) is 0 Å². The quantitative estimate of drug-likeness (QED) is 0.0379. The van der Waals surface area contributed by atoms with Gasteiger partial charge < -0.3 is 9.64 Å². The normalized spacial score (nSPS) is 12.6. The van der Waals surface area contributed by atoms with Crippen molar-refractivity contribution in [3.8, 4) is 0 Å². The summed E-state index contributed by atoms with van der Waals surface area (Å²) < 4.78 is 5.79. The Balaban J connectivity index is 2.27. The smallest absolute Gasteiger partial charge is 0.374 e. The molecule has 0 heterocycles. The molecule has 4 nitrogen and oxygen atoms in total. The summed E-state index contributed by atoms with van der Waals surface area (Å²) in [6.07, 6.45) is 40.8. The number of hydrogen-bond acceptors (Lipinski definition) is 4. The van der Waals surface area contributed by atoms with Crippen molar-refractivity contribution < 1.29 is 14.3 Å². The number of benzene rings is 2. The predicted molar refractivity (Wildman–Crippen MR) is 274 cm³/mol. The van der Waals surface area contributed by atoms with Crippen LogP contribution >= 0.6 is 0 Å². The number of carbonyl (C=O) groups excluding carboxylic acids is 2. The first-order valence-corrected chi connectivity index (χ1v) is 27.3. The van der Waals surface area contributed by atoms with E-state index >= 15 is 0 Å². The third-order valence-corrected chi connectivity index (χ3v) is 13.6. The minimum Gasteiger partial charge on any atom is -0.455 e. The second kappa shape index (κ2) is 37.7. The van der Waals surface area contributed by atoms with Crippen molar-refractivity contribution in [1.82, 2.24) is 4.90 Å². The van der Waals surface area contributed by atoms with Crippen LogP contribution in [0.4, 0.5) is 0 Å². The highest BCUT2D eigenvalue weighted by molar-refractivity contribution is 6.33. The lowest BCUT2D eigenvalue weighted by Gasteiger charge is -2.30. The van der Waals surface area contributed by atoms with Crippen LogP contribution in [0.5, 0.6) is 0 Å². The first kappa shape index (κ1) is 56.7. The maximum absolute atomic E-state index is 13.5. The lowest BCUT2D eigenvalue weighted by molar-refractivity contribution is -0.154. The molecule has 0 saturated heterocycles. The summed E-state index contributed by atoms with van der Waals surface area (Å²) in [6, 6.07) is 14.5. The molecule has 0 aliphatic rings. The average Bonchev–Trinajstić information content (AvgIpc) is 3.27. The number of aryl methyl sites for hydroxylation is 4. The Bertz CT molecular complexity index is 1370. The van der Waals surface area contributed by atoms with Crippen LogP contribution in [0.1, 0.15) is 267 Å². The fourth-order valence-electron chi connectivity index (χ4n) is 9.77. The van der Waals surface area contributed by atoms with Gasteiger partial charge in [0.25, 0.3) is 0 Å². The molecular weight excluding hydrogens is 771 g/mol. The number of carbonyl (C=O) groups is 2. The Morgan fingerprint density at radius 3 is 1.27 bits per heavy atom. The minimum atomic E-state index is -0.654. The summed E-state index contributed by atoms with van der Waals surface area (Å²) in [7, 11) is 4.39. The summed E-state index contributed by atoms with van der Waals surface area (Å²) in [5, 5.41) is 0. The van der Waals surface area contributed by atoms with Crippen molar-refractivity contribution in [3.05, 3.63) is 69.8 Å². The number of hydrogen-bond donors (Lipinski definition) is 0. The molecule has 360 valence electrons. The predicted octanol–water partition coefficient (Wildman–Crippen LogP) is 17.2. The molecule has 0 spiro atoms. The summed E-state index contributed by atoms with van der Waals surface area (Å²) in [5.74, 6) is -0.0513. The third-order valence-electron chi connectivity index (χ3n) is 13.6. The monoisotopic (exact) mass is 872 g/mol. The molecule has 0 radical (unpaired) electrons. The molecule has 0 aromatic heterocycles. The molecule has 0 fully saturated rings. The van der Waals surface area contributed by atoms with Crippen LogP contribution in [0.15, 0.2) is 36.4 Å². The standard InChI is InChI=1S/C59H101NO3/c1-8-13-18-23-24-25-26-31-38-55(57(40-33-42-60(6)7)56-47-52(36-29-21-16-11-4)44-53(48-56)37-30-22-17-12-5)39-32-41-58(61)59(62)63-49-54-45-50(34-27-19-14-9-2)43-51(46-54)35-28-20-15-10-3/h43-48,55,57H,8-42,49H2,1-7H3. The van der Waals surface area contributed by atoms with Crippen LogP contribution in [0, 0.1) is 5.92 Å². The number of rotatable bonds is 42. The summed E-state index contributed by atoms with van der Waals surface area (Å²) >= 11 is 0. The molecule has 0 bridgehead atoms. The molecule has 0 aliphatic carbocycles. The summed E-state index contributed by atoms with van der Waals surface area (Å²) in [4.78, 5) is 29.1. The van der Waals surface area contributed by atoms with E-state index in [2.05, 4.69) is 90.0 Å². The van der Waals surface area contributed by atoms with Gasteiger partial charge in [0.15, 0.2) is 0 Å². The van der Waals surface area contributed by atoms with Gasteiger partial charge in [-0.2, -0.15) is 0 Å². The highest BCUT2D eigenvalue weighted by atomic mass is 16.5. The van der Waals surface area contributed by atoms with Crippen molar-refractivity contribution in [2.75, 3.05) is 20.6 Å². The van der Waals surface area contributed by atoms with E-state index in [0.29, 0.717) is 11.8 Å². The second-order valence-corrected chi connectivity index (χ2v) is 20.0. The largest absolute Gasteiger partial charge is 0.455 e. The zero-order valence-electron chi connectivity index (χ0n) is 42.7. The lowest BCUT2D eigenvalue weighted by atomic mass is 9.76. The number of Topliss-reactive ketones (excluding diaryl/α,β-unsaturated/α-hetero) is 1. The number of ether oxygens (including phenoxy) is 1. The highest BCUT2D eigenvalue weighted by Gasteiger charge is 2.25. The zero-order valence-corrected chi connectivity index (χ0v) is 42.7. The number of unbranched alkanes of at least 4 members (excludes halogenated alkanes) is 19. The number of nitrogens with zero attached hydrogens (tertiary/aromatic N) is 1. The molecule has 2 aromatic carbocycles. The highest BCUT2D eigenvalue weighted by Crippen LogP contribution is 2.38. The molecule has 2 atom stereocenters. The van der Waals surface area contributed by atoms with Gasteiger partial charge in [0, 0.05) is 6.42 Å². The minimum absolute atomic E-state index is 0.180. The Morgan fingerprint density at radius 1 is 0.444 bits per heavy atom. The van der Waals surface area contributed by atoms with E-state index in [1.807, 2.05) is 0 Å². The van der Waals surface area contributed by atoms with E-state index in [1.165, 1.54) is 208 Å². The van der Waals surface area contributed by atoms with Gasteiger partial charge >= 0.3 is 5.97 Å². The van der Waals surface area contributed by atoms with Crippen molar-refractivity contribution >= 4 is 11.8 Å². The van der Waals surface area contributed by atoms with Crippen LogP contribution in [-0.2, 0) is 46.6 Å². The van der Waals surface area contributed by atoms with Gasteiger partial charge in [-0.15, -0.1) is 0 Å². The zero-order chi connectivity index (χ0) is 45.8. The van der Waals surface area contributed by atoms with Gasteiger partial charge in [-0.05, 0) is 149 Å². The van der Waals surface area contributed by atoms with E-state index in [4.69, 9.17) is 4.74 Å². The molecule has 0 N–H and O–H groups in total. The van der Waals surface area contributed by atoms with Gasteiger partial charge in [0.2, 0.25) is 5.78 Å². The van der Waals surface area contributed by atoms with E-state index < -0.39 is 5.97 Å². The molecule has 2 unspecified atom stereocenters.